The van der Waals surface area contributed by atoms with Gasteiger partial charge in [-0.15, -0.1) is 0 Å². The number of carbonyl (C=O) groups is 2. The Labute approximate surface area is 164 Å². The third-order valence-corrected chi connectivity index (χ3v) is 3.02. The van der Waals surface area contributed by atoms with Crippen LogP contribution in [0.5, 0.6) is 0 Å². The molecule has 0 aliphatic heterocycles. The maximum atomic E-state index is 10.1. The van der Waals surface area contributed by atoms with Gasteiger partial charge in [0.05, 0.1) is 13.2 Å². The molecule has 12 N–H and O–H groups in total. The van der Waals surface area contributed by atoms with E-state index in [1.807, 2.05) is 0 Å². The topological polar surface area (TPSA) is 277 Å². The van der Waals surface area contributed by atoms with Crippen LogP contribution in [0, 0.1) is 0 Å². The third-order valence-electron chi connectivity index (χ3n) is 3.02. The zero-order chi connectivity index (χ0) is 21.2. The van der Waals surface area contributed by atoms with E-state index in [1.54, 1.807) is 0 Å². The number of carboxylic acids is 2. The van der Waals surface area contributed by atoms with Crippen molar-refractivity contribution in [3.05, 3.63) is 0 Å². The number of hydrogen-bond donors (Lipinski definition) is 12. The molecule has 0 aliphatic rings. The fraction of sp³-hybridized carbons (Fsp3) is 0.833. The van der Waals surface area contributed by atoms with E-state index >= 15 is 0 Å². The van der Waals surface area contributed by atoms with Crippen molar-refractivity contribution >= 4 is 11.9 Å². The van der Waals surface area contributed by atoms with Crippen molar-refractivity contribution in [1.29, 1.82) is 0 Å². The van der Waals surface area contributed by atoms with Gasteiger partial charge < -0.3 is 61.3 Å². The maximum absolute atomic E-state index is 10.1. The molecule has 0 spiro atoms. The standard InChI is InChI=1S/2C6H12O7.Zn/c2*7-1-2(8)3(9)4(10)5(11)6(12)13;/h2*2-5,7-11H,1H2,(H,12,13);/t2*2-,3+,4+,5-;/m11./s1. The second-order valence-corrected chi connectivity index (χ2v) is 5.03. The summed E-state index contributed by atoms with van der Waals surface area (Å²) in [5, 5.41) is 104. The predicted octanol–water partition coefficient (Wildman–Crippen LogP) is -6.99. The van der Waals surface area contributed by atoms with Crippen molar-refractivity contribution in [3.8, 4) is 0 Å². The number of hydrogen-bond acceptors (Lipinski definition) is 12. The predicted molar refractivity (Wildman–Crippen MR) is 77.5 cm³/mol. The first-order valence-corrected chi connectivity index (χ1v) is 6.95. The summed E-state index contributed by atoms with van der Waals surface area (Å²) in [6.45, 7) is -1.69. The van der Waals surface area contributed by atoms with Crippen LogP contribution in [0.3, 0.4) is 0 Å². The van der Waals surface area contributed by atoms with E-state index in [2.05, 4.69) is 0 Å². The molecule has 14 nitrogen and oxygen atoms in total. The summed E-state index contributed by atoms with van der Waals surface area (Å²) in [4.78, 5) is 20.2. The Hall–Kier alpha value is -0.837. The molecule has 0 radical (unpaired) electrons. The fourth-order valence-electron chi connectivity index (χ4n) is 1.34. The monoisotopic (exact) mass is 456 g/mol. The maximum Gasteiger partial charge on any atom is 0.335 e. The Balaban J connectivity index is -0.000000411. The minimum atomic E-state index is -2.20. The van der Waals surface area contributed by atoms with E-state index in [1.165, 1.54) is 0 Å². The van der Waals surface area contributed by atoms with Crippen LogP contribution in [-0.4, -0.2) is 135 Å². The van der Waals surface area contributed by atoms with Gasteiger partial charge in [-0.3, -0.25) is 0 Å². The van der Waals surface area contributed by atoms with Crippen molar-refractivity contribution in [2.45, 2.75) is 48.8 Å². The summed E-state index contributed by atoms with van der Waals surface area (Å²) in [5.41, 5.74) is 0. The molecule has 0 saturated carbocycles. The molecule has 27 heavy (non-hydrogen) atoms. The van der Waals surface area contributed by atoms with Gasteiger partial charge in [-0.2, -0.15) is 0 Å². The van der Waals surface area contributed by atoms with Crippen LogP contribution in [0.2, 0.25) is 0 Å². The van der Waals surface area contributed by atoms with Crippen LogP contribution >= 0.6 is 0 Å². The van der Waals surface area contributed by atoms with Gasteiger partial charge in [0, 0.05) is 19.5 Å². The first kappa shape index (κ1) is 30.9. The van der Waals surface area contributed by atoms with Crippen molar-refractivity contribution in [3.63, 3.8) is 0 Å². The average molecular weight is 458 g/mol. The summed E-state index contributed by atoms with van der Waals surface area (Å²) in [7, 11) is 0. The van der Waals surface area contributed by atoms with Crippen molar-refractivity contribution in [1.82, 2.24) is 0 Å². The van der Waals surface area contributed by atoms with E-state index in [-0.39, 0.29) is 19.5 Å². The molecular formula is C12H24O14Zn. The van der Waals surface area contributed by atoms with Gasteiger partial charge in [-0.1, -0.05) is 0 Å². The number of aliphatic hydroxyl groups excluding tert-OH is 10. The normalized spacial score (nSPS) is 19.6. The Morgan fingerprint density at radius 3 is 0.926 bits per heavy atom. The van der Waals surface area contributed by atoms with Gasteiger partial charge in [0.15, 0.2) is 12.2 Å². The second-order valence-electron chi connectivity index (χ2n) is 5.03. The summed E-state index contributed by atoms with van der Waals surface area (Å²) < 4.78 is 0. The number of carboxylic acid groups (broad SMARTS) is 2. The molecule has 0 amide bonds. The van der Waals surface area contributed by atoms with E-state index in [4.69, 9.17) is 61.3 Å². The fourth-order valence-corrected chi connectivity index (χ4v) is 1.34. The van der Waals surface area contributed by atoms with Crippen molar-refractivity contribution < 1.29 is 90.3 Å². The van der Waals surface area contributed by atoms with Gasteiger partial charge in [-0.05, 0) is 0 Å². The van der Waals surface area contributed by atoms with Crippen LogP contribution in [0.1, 0.15) is 0 Å². The van der Waals surface area contributed by atoms with Gasteiger partial charge in [-0.25, -0.2) is 9.59 Å². The zero-order valence-electron chi connectivity index (χ0n) is 13.9. The van der Waals surface area contributed by atoms with Crippen molar-refractivity contribution in [2.75, 3.05) is 13.2 Å². The minimum absolute atomic E-state index is 0. The Kier molecular flexibility index (Phi) is 17.3. The molecule has 0 aromatic heterocycles. The summed E-state index contributed by atoms with van der Waals surface area (Å²) in [5.74, 6) is -3.45. The van der Waals surface area contributed by atoms with E-state index in [0.717, 1.165) is 0 Å². The minimum Gasteiger partial charge on any atom is -0.479 e. The first-order valence-electron chi connectivity index (χ1n) is 6.95. The Bertz CT molecular complexity index is 385. The first-order chi connectivity index (χ1) is 11.8. The molecule has 0 bridgehead atoms. The smallest absolute Gasteiger partial charge is 0.335 e. The molecular weight excluding hydrogens is 434 g/mol. The van der Waals surface area contributed by atoms with Crippen LogP contribution < -0.4 is 0 Å². The number of aliphatic hydroxyl groups is 10. The Morgan fingerprint density at radius 1 is 0.556 bits per heavy atom. The van der Waals surface area contributed by atoms with Crippen LogP contribution in [0.4, 0.5) is 0 Å². The molecule has 0 aliphatic carbocycles. The molecule has 0 aromatic carbocycles. The zero-order valence-corrected chi connectivity index (χ0v) is 16.9. The van der Waals surface area contributed by atoms with Gasteiger partial charge >= 0.3 is 11.9 Å². The van der Waals surface area contributed by atoms with Crippen LogP contribution in [0.25, 0.3) is 0 Å². The van der Waals surface area contributed by atoms with E-state index < -0.39 is 74.0 Å². The average Bonchev–Trinajstić information content (AvgIpc) is 2.62. The molecule has 8 atom stereocenters. The number of aliphatic carboxylic acids is 2. The Morgan fingerprint density at radius 2 is 0.778 bits per heavy atom. The van der Waals surface area contributed by atoms with Crippen molar-refractivity contribution in [2.24, 2.45) is 0 Å². The molecule has 0 heterocycles. The third kappa shape index (κ3) is 10.9. The van der Waals surface area contributed by atoms with Gasteiger partial charge in [0.2, 0.25) is 0 Å². The molecule has 0 rings (SSSR count). The van der Waals surface area contributed by atoms with Crippen LogP contribution in [-0.2, 0) is 29.1 Å². The number of rotatable bonds is 10. The molecule has 158 valence electrons. The molecule has 0 unspecified atom stereocenters. The van der Waals surface area contributed by atoms with E-state index in [0.29, 0.717) is 0 Å². The molecule has 0 fully saturated rings. The summed E-state index contributed by atoms with van der Waals surface area (Å²) in [6, 6.07) is 0. The van der Waals surface area contributed by atoms with Crippen LogP contribution in [0.15, 0.2) is 0 Å². The van der Waals surface area contributed by atoms with Gasteiger partial charge in [0.1, 0.15) is 36.6 Å². The summed E-state index contributed by atoms with van der Waals surface area (Å²) >= 11 is 0. The quantitative estimate of drug-likeness (QED) is 0.136. The molecule has 0 saturated heterocycles. The van der Waals surface area contributed by atoms with Gasteiger partial charge in [0.25, 0.3) is 0 Å². The SMILES string of the molecule is O=C(O)[C@H](O)[C@@H](O)[C@@H](O)[C@H](O)CO.O=C(O)[C@H](O)[C@@H](O)[C@@H](O)[C@H](O)CO.[Zn]. The summed E-state index contributed by atoms with van der Waals surface area (Å²) in [6.07, 6.45) is -15.7. The second kappa shape index (κ2) is 15.1. The molecule has 15 heteroatoms. The van der Waals surface area contributed by atoms with E-state index in [9.17, 15) is 9.59 Å². The largest absolute Gasteiger partial charge is 0.479 e. The molecule has 0 aromatic rings.